The highest BCUT2D eigenvalue weighted by atomic mass is 19.4. The Kier molecular flexibility index (Phi) is 7.50. The predicted octanol–water partition coefficient (Wildman–Crippen LogP) is 8.26. The van der Waals surface area contributed by atoms with Gasteiger partial charge in [-0.1, -0.05) is 55.0 Å². The van der Waals surface area contributed by atoms with E-state index in [2.05, 4.69) is 5.32 Å². The minimum Gasteiger partial charge on any atom is -0.444 e. The number of rotatable bonds is 5. The first-order chi connectivity index (χ1) is 20.7. The topological polar surface area (TPSA) is 75.6 Å². The van der Waals surface area contributed by atoms with Crippen molar-refractivity contribution in [2.24, 2.45) is 17.3 Å². The van der Waals surface area contributed by atoms with Crippen LogP contribution in [-0.2, 0) is 16.1 Å². The number of allylic oxidation sites excluding steroid dienone is 4. The molecule has 2 aromatic carbocycles. The summed E-state index contributed by atoms with van der Waals surface area (Å²) in [6, 6.07) is 15.9. The standard InChI is InChI=1S/C34H34F5NO4/c1-31-18-27(21-9-7-20(8-10-21)19-44-30(42)40-23-5-3-2-4-6-23)29-25-14-12-24(41)17-22(25)11-13-26(29)28(31)15-16-32(31,43)33(35,36)34(37,38)39/h2-10,17,26-28,43H,11-16,18-19H2,1H3,(H,40,42)/t26?,27-,28?,31+,32+/m1/s1. The van der Waals surface area contributed by atoms with Gasteiger partial charge in [0.15, 0.2) is 5.78 Å². The van der Waals surface area contributed by atoms with Crippen LogP contribution < -0.4 is 5.32 Å². The number of ketones is 1. The van der Waals surface area contributed by atoms with Gasteiger partial charge < -0.3 is 9.84 Å². The van der Waals surface area contributed by atoms with E-state index in [-0.39, 0.29) is 31.1 Å². The van der Waals surface area contributed by atoms with Crippen molar-refractivity contribution in [3.05, 3.63) is 88.5 Å². The van der Waals surface area contributed by atoms with Crippen molar-refractivity contribution in [1.82, 2.24) is 0 Å². The SMILES string of the molecule is C[C@]12C[C@H](c3ccc(COC(=O)Nc4ccccc4)cc3)C3=C4CCC(=O)C=C4CCC3C1CC[C@@]2(O)C(F)(F)C(F)(F)F. The van der Waals surface area contributed by atoms with Crippen LogP contribution in [0.15, 0.2) is 77.4 Å². The first-order valence-corrected chi connectivity index (χ1v) is 15.0. The molecule has 0 radical (unpaired) electrons. The number of para-hydroxylation sites is 1. The summed E-state index contributed by atoms with van der Waals surface area (Å²) in [6.07, 6.45) is -3.67. The maximum absolute atomic E-state index is 15.2. The van der Waals surface area contributed by atoms with Gasteiger partial charge in [-0.15, -0.1) is 0 Å². The van der Waals surface area contributed by atoms with Gasteiger partial charge in [-0.3, -0.25) is 10.1 Å². The lowest BCUT2D eigenvalue weighted by Gasteiger charge is -2.56. The van der Waals surface area contributed by atoms with Crippen LogP contribution in [0.4, 0.5) is 32.4 Å². The number of fused-ring (bicyclic) bond motifs is 4. The fourth-order valence-corrected chi connectivity index (χ4v) is 8.38. The Morgan fingerprint density at radius 3 is 2.39 bits per heavy atom. The maximum Gasteiger partial charge on any atom is 0.456 e. The second-order valence-corrected chi connectivity index (χ2v) is 12.8. The Labute approximate surface area is 252 Å². The number of nitrogens with one attached hydrogen (secondary N) is 1. The second kappa shape index (κ2) is 10.8. The molecule has 0 spiro atoms. The summed E-state index contributed by atoms with van der Waals surface area (Å²) in [7, 11) is 0. The van der Waals surface area contributed by atoms with E-state index in [4.69, 9.17) is 4.74 Å². The molecule has 1 amide bonds. The van der Waals surface area contributed by atoms with Gasteiger partial charge in [0.1, 0.15) is 12.2 Å². The first-order valence-electron chi connectivity index (χ1n) is 15.0. The molecule has 0 bridgehead atoms. The van der Waals surface area contributed by atoms with E-state index in [1.807, 2.05) is 6.07 Å². The highest BCUT2D eigenvalue weighted by molar-refractivity contribution is 5.93. The third-order valence-electron chi connectivity index (χ3n) is 10.5. The Balaban J connectivity index is 1.33. The Morgan fingerprint density at radius 2 is 1.70 bits per heavy atom. The summed E-state index contributed by atoms with van der Waals surface area (Å²) < 4.78 is 77.0. The van der Waals surface area contributed by atoms with E-state index in [0.29, 0.717) is 36.9 Å². The average Bonchev–Trinajstić information content (AvgIpc) is 3.27. The lowest BCUT2D eigenvalue weighted by atomic mass is 9.50. The van der Waals surface area contributed by atoms with Crippen molar-refractivity contribution in [2.45, 2.75) is 82.1 Å². The van der Waals surface area contributed by atoms with Crippen molar-refractivity contribution in [1.29, 1.82) is 0 Å². The number of alkyl halides is 5. The van der Waals surface area contributed by atoms with E-state index in [1.54, 1.807) is 54.6 Å². The minimum atomic E-state index is -5.89. The van der Waals surface area contributed by atoms with Gasteiger partial charge in [-0.25, -0.2) is 4.79 Å². The zero-order chi connectivity index (χ0) is 31.5. The van der Waals surface area contributed by atoms with Crippen LogP contribution in [0.25, 0.3) is 0 Å². The Hall–Kier alpha value is -3.53. The quantitative estimate of drug-likeness (QED) is 0.332. The molecule has 234 valence electrons. The van der Waals surface area contributed by atoms with Crippen molar-refractivity contribution in [3.63, 3.8) is 0 Å². The van der Waals surface area contributed by atoms with Crippen molar-refractivity contribution >= 4 is 17.6 Å². The zero-order valence-electron chi connectivity index (χ0n) is 24.2. The number of aliphatic hydroxyl groups is 1. The molecule has 4 aliphatic carbocycles. The Bertz CT molecular complexity index is 1520. The van der Waals surface area contributed by atoms with Crippen LogP contribution in [0.2, 0.25) is 0 Å². The molecule has 6 rings (SSSR count). The fraction of sp³-hybridized carbons (Fsp3) is 0.471. The van der Waals surface area contributed by atoms with E-state index in [9.17, 15) is 27.9 Å². The van der Waals surface area contributed by atoms with Crippen LogP contribution in [0.5, 0.6) is 0 Å². The number of benzene rings is 2. The lowest BCUT2D eigenvalue weighted by Crippen LogP contribution is -2.65. The van der Waals surface area contributed by atoms with Crippen LogP contribution in [0, 0.1) is 17.3 Å². The number of hydrogen-bond donors (Lipinski definition) is 2. The van der Waals surface area contributed by atoms with Crippen molar-refractivity contribution < 1.29 is 41.4 Å². The van der Waals surface area contributed by atoms with Crippen molar-refractivity contribution in [3.8, 4) is 0 Å². The van der Waals surface area contributed by atoms with Gasteiger partial charge in [0.25, 0.3) is 0 Å². The molecule has 2 N–H and O–H groups in total. The predicted molar refractivity (Wildman–Crippen MR) is 153 cm³/mol. The molecule has 0 heterocycles. The number of carbonyl (C=O) groups excluding carboxylic acids is 2. The van der Waals surface area contributed by atoms with Gasteiger partial charge in [-0.2, -0.15) is 22.0 Å². The number of carbonyl (C=O) groups is 2. The molecule has 0 aliphatic heterocycles. The molecular formula is C34H34F5NO4. The number of hydrogen-bond acceptors (Lipinski definition) is 4. The zero-order valence-corrected chi connectivity index (χ0v) is 24.2. The van der Waals surface area contributed by atoms with Crippen LogP contribution in [0.1, 0.15) is 68.9 Å². The van der Waals surface area contributed by atoms with Gasteiger partial charge in [-0.05, 0) is 90.8 Å². The largest absolute Gasteiger partial charge is 0.456 e. The number of anilines is 1. The molecule has 2 aromatic rings. The molecule has 2 saturated carbocycles. The van der Waals surface area contributed by atoms with Crippen LogP contribution in [0.3, 0.4) is 0 Å². The van der Waals surface area contributed by atoms with Gasteiger partial charge in [0.2, 0.25) is 0 Å². The van der Waals surface area contributed by atoms with Crippen LogP contribution >= 0.6 is 0 Å². The summed E-state index contributed by atoms with van der Waals surface area (Å²) >= 11 is 0. The number of amides is 1. The van der Waals surface area contributed by atoms with E-state index in [0.717, 1.165) is 22.3 Å². The molecule has 4 aliphatic rings. The molecule has 5 atom stereocenters. The molecule has 2 unspecified atom stereocenters. The summed E-state index contributed by atoms with van der Waals surface area (Å²) in [6.45, 7) is 1.37. The Morgan fingerprint density at radius 1 is 1.00 bits per heavy atom. The second-order valence-electron chi connectivity index (χ2n) is 12.8. The highest BCUT2D eigenvalue weighted by Gasteiger charge is 2.79. The molecule has 44 heavy (non-hydrogen) atoms. The van der Waals surface area contributed by atoms with Crippen molar-refractivity contribution in [2.75, 3.05) is 5.32 Å². The van der Waals surface area contributed by atoms with E-state index < -0.39 is 47.5 Å². The normalized spacial score (nSPS) is 30.2. The number of ether oxygens (including phenoxy) is 1. The summed E-state index contributed by atoms with van der Waals surface area (Å²) in [4.78, 5) is 24.5. The fourth-order valence-electron chi connectivity index (χ4n) is 8.38. The molecular weight excluding hydrogens is 581 g/mol. The first kappa shape index (κ1) is 30.5. The van der Waals surface area contributed by atoms with E-state index >= 15 is 8.78 Å². The monoisotopic (exact) mass is 615 g/mol. The summed E-state index contributed by atoms with van der Waals surface area (Å²) in [5.74, 6) is -6.63. The molecule has 2 fully saturated rings. The smallest absolute Gasteiger partial charge is 0.444 e. The minimum absolute atomic E-state index is 0.0284. The third kappa shape index (κ3) is 4.86. The molecule has 5 nitrogen and oxygen atoms in total. The molecule has 0 saturated heterocycles. The lowest BCUT2D eigenvalue weighted by molar-refractivity contribution is -0.362. The van der Waals surface area contributed by atoms with E-state index in [1.165, 1.54) is 6.92 Å². The maximum atomic E-state index is 15.2. The van der Waals surface area contributed by atoms with Crippen LogP contribution in [-0.4, -0.2) is 34.7 Å². The third-order valence-corrected chi connectivity index (χ3v) is 10.5. The van der Waals surface area contributed by atoms with Gasteiger partial charge in [0, 0.05) is 23.4 Å². The highest BCUT2D eigenvalue weighted by Crippen LogP contribution is 2.70. The van der Waals surface area contributed by atoms with Gasteiger partial charge in [0.05, 0.1) is 0 Å². The summed E-state index contributed by atoms with van der Waals surface area (Å²) in [5.41, 5.74) is -0.0699. The number of halogens is 5. The molecule has 10 heteroatoms. The molecule has 0 aromatic heterocycles. The average molecular weight is 616 g/mol. The van der Waals surface area contributed by atoms with Gasteiger partial charge >= 0.3 is 18.2 Å². The summed E-state index contributed by atoms with van der Waals surface area (Å²) in [5, 5.41) is 14.0.